The first-order chi connectivity index (χ1) is 9.84. The lowest BCUT2D eigenvalue weighted by Gasteiger charge is -1.92. The van der Waals surface area contributed by atoms with Crippen LogP contribution in [0.15, 0.2) is 66.7 Å². The fourth-order valence-corrected chi connectivity index (χ4v) is 2.40. The number of aromatic amines is 1. The molecule has 1 nitrogen and oxygen atoms in total. The highest BCUT2D eigenvalue weighted by molar-refractivity contribution is 5.90. The topological polar surface area (TPSA) is 15.8 Å². The second-order valence-corrected chi connectivity index (χ2v) is 4.84. The van der Waals surface area contributed by atoms with Crippen LogP contribution < -0.4 is 0 Å². The van der Waals surface area contributed by atoms with Crippen molar-refractivity contribution in [2.75, 3.05) is 0 Å². The van der Waals surface area contributed by atoms with E-state index in [4.69, 9.17) is 0 Å². The Balaban J connectivity index is 1.84. The van der Waals surface area contributed by atoms with Crippen molar-refractivity contribution in [1.82, 2.24) is 4.98 Å². The molecule has 0 saturated carbocycles. The SMILES string of the molecule is Cc1[nH]c2ccccc2c1/C=C/C=C/c1ccccc1. The third kappa shape index (κ3) is 2.57. The molecule has 0 unspecified atom stereocenters. The van der Waals surface area contributed by atoms with E-state index >= 15 is 0 Å². The summed E-state index contributed by atoms with van der Waals surface area (Å²) in [5.41, 5.74) is 4.87. The summed E-state index contributed by atoms with van der Waals surface area (Å²) in [6.07, 6.45) is 8.44. The van der Waals surface area contributed by atoms with Gasteiger partial charge in [0.15, 0.2) is 0 Å². The number of nitrogens with one attached hydrogen (secondary N) is 1. The molecule has 3 rings (SSSR count). The lowest BCUT2D eigenvalue weighted by molar-refractivity contribution is 1.29. The minimum Gasteiger partial charge on any atom is -0.358 e. The van der Waals surface area contributed by atoms with Crippen molar-refractivity contribution in [2.45, 2.75) is 6.92 Å². The fourth-order valence-electron chi connectivity index (χ4n) is 2.40. The quantitative estimate of drug-likeness (QED) is 0.622. The average Bonchev–Trinajstić information content (AvgIpc) is 2.80. The second-order valence-electron chi connectivity index (χ2n) is 4.84. The molecule has 0 spiro atoms. The van der Waals surface area contributed by atoms with Crippen LogP contribution in [0.1, 0.15) is 16.8 Å². The summed E-state index contributed by atoms with van der Waals surface area (Å²) >= 11 is 0. The van der Waals surface area contributed by atoms with E-state index < -0.39 is 0 Å². The molecule has 0 saturated heterocycles. The van der Waals surface area contributed by atoms with Gasteiger partial charge in [-0.05, 0) is 18.6 Å². The molecule has 0 aliphatic heterocycles. The Morgan fingerprint density at radius 2 is 1.50 bits per heavy atom. The van der Waals surface area contributed by atoms with Crippen molar-refractivity contribution in [3.8, 4) is 0 Å². The van der Waals surface area contributed by atoms with Gasteiger partial charge in [0.1, 0.15) is 0 Å². The number of benzene rings is 2. The fraction of sp³-hybridized carbons (Fsp3) is 0.0526. The number of allylic oxidation sites excluding steroid dienone is 2. The Labute approximate surface area is 119 Å². The Hall–Kier alpha value is -2.54. The summed E-state index contributed by atoms with van der Waals surface area (Å²) in [5, 5.41) is 1.27. The second kappa shape index (κ2) is 5.62. The molecule has 0 atom stereocenters. The number of para-hydroxylation sites is 1. The van der Waals surface area contributed by atoms with Crippen LogP contribution in [0.4, 0.5) is 0 Å². The highest BCUT2D eigenvalue weighted by Gasteiger charge is 2.03. The number of rotatable bonds is 3. The Bertz CT molecular complexity index is 761. The molecule has 0 radical (unpaired) electrons. The molecule has 0 bridgehead atoms. The smallest absolute Gasteiger partial charge is 0.0462 e. The Morgan fingerprint density at radius 3 is 2.35 bits per heavy atom. The normalized spacial score (nSPS) is 11.8. The highest BCUT2D eigenvalue weighted by atomic mass is 14.7. The van der Waals surface area contributed by atoms with Crippen molar-refractivity contribution in [2.24, 2.45) is 0 Å². The molecule has 3 aromatic rings. The molecule has 0 aliphatic carbocycles. The van der Waals surface area contributed by atoms with Crippen molar-refractivity contribution >= 4 is 23.1 Å². The standard InChI is InChI=1S/C19H17N/c1-15-17(18-13-7-8-14-19(18)20-15)12-6-5-11-16-9-3-2-4-10-16/h2-14,20H,1H3/b11-5+,12-6+. The van der Waals surface area contributed by atoms with Gasteiger partial charge in [-0.15, -0.1) is 0 Å². The van der Waals surface area contributed by atoms with Gasteiger partial charge in [-0.1, -0.05) is 72.8 Å². The number of H-pyrrole nitrogens is 1. The first-order valence-corrected chi connectivity index (χ1v) is 6.82. The molecular formula is C19H17N. The van der Waals surface area contributed by atoms with Crippen molar-refractivity contribution in [1.29, 1.82) is 0 Å². The van der Waals surface area contributed by atoms with Gasteiger partial charge < -0.3 is 4.98 Å². The van der Waals surface area contributed by atoms with Crippen LogP contribution in [0.3, 0.4) is 0 Å². The van der Waals surface area contributed by atoms with E-state index in [2.05, 4.69) is 72.6 Å². The molecule has 20 heavy (non-hydrogen) atoms. The summed E-state index contributed by atoms with van der Waals surface area (Å²) in [6, 6.07) is 18.7. The molecule has 1 heteroatoms. The summed E-state index contributed by atoms with van der Waals surface area (Å²) in [7, 11) is 0. The number of aryl methyl sites for hydroxylation is 1. The highest BCUT2D eigenvalue weighted by Crippen LogP contribution is 2.22. The van der Waals surface area contributed by atoms with E-state index in [1.807, 2.05) is 18.2 Å². The van der Waals surface area contributed by atoms with E-state index in [1.165, 1.54) is 27.7 Å². The van der Waals surface area contributed by atoms with Crippen molar-refractivity contribution in [3.63, 3.8) is 0 Å². The van der Waals surface area contributed by atoms with Gasteiger partial charge in [0.2, 0.25) is 0 Å². The zero-order chi connectivity index (χ0) is 13.8. The molecule has 0 aliphatic rings. The van der Waals surface area contributed by atoms with Crippen LogP contribution in [0.2, 0.25) is 0 Å². The summed E-state index contributed by atoms with van der Waals surface area (Å²) in [5.74, 6) is 0. The molecule has 1 aromatic heterocycles. The Morgan fingerprint density at radius 1 is 0.800 bits per heavy atom. The largest absolute Gasteiger partial charge is 0.358 e. The first-order valence-electron chi connectivity index (χ1n) is 6.82. The number of aromatic nitrogens is 1. The predicted molar refractivity (Wildman–Crippen MR) is 87.5 cm³/mol. The summed E-state index contributed by atoms with van der Waals surface area (Å²) in [4.78, 5) is 3.41. The molecule has 98 valence electrons. The van der Waals surface area contributed by atoms with Crippen LogP contribution >= 0.6 is 0 Å². The molecule has 1 N–H and O–H groups in total. The summed E-state index contributed by atoms with van der Waals surface area (Å²) < 4.78 is 0. The third-order valence-corrected chi connectivity index (χ3v) is 3.41. The van der Waals surface area contributed by atoms with Crippen molar-refractivity contribution in [3.05, 3.63) is 83.6 Å². The molecule has 0 fully saturated rings. The van der Waals surface area contributed by atoms with E-state index in [1.54, 1.807) is 0 Å². The maximum absolute atomic E-state index is 3.41. The number of fused-ring (bicyclic) bond motifs is 1. The monoisotopic (exact) mass is 259 g/mol. The van der Waals surface area contributed by atoms with Crippen LogP contribution in [0, 0.1) is 6.92 Å². The first kappa shape index (κ1) is 12.5. The van der Waals surface area contributed by atoms with Crippen LogP contribution in [-0.2, 0) is 0 Å². The number of hydrogen-bond donors (Lipinski definition) is 1. The lowest BCUT2D eigenvalue weighted by Crippen LogP contribution is -1.73. The minimum absolute atomic E-state index is 1.19. The van der Waals surface area contributed by atoms with Crippen LogP contribution in [-0.4, -0.2) is 4.98 Å². The van der Waals surface area contributed by atoms with Gasteiger partial charge in [-0.25, -0.2) is 0 Å². The zero-order valence-electron chi connectivity index (χ0n) is 11.5. The van der Waals surface area contributed by atoms with E-state index in [9.17, 15) is 0 Å². The van der Waals surface area contributed by atoms with Gasteiger partial charge in [-0.3, -0.25) is 0 Å². The molecule has 1 heterocycles. The van der Waals surface area contributed by atoms with E-state index in [-0.39, 0.29) is 0 Å². The van der Waals surface area contributed by atoms with Crippen LogP contribution in [0.5, 0.6) is 0 Å². The molecular weight excluding hydrogens is 242 g/mol. The molecule has 0 amide bonds. The molecule has 2 aromatic carbocycles. The third-order valence-electron chi connectivity index (χ3n) is 3.41. The minimum atomic E-state index is 1.19. The summed E-state index contributed by atoms with van der Waals surface area (Å²) in [6.45, 7) is 2.11. The number of hydrogen-bond acceptors (Lipinski definition) is 0. The van der Waals surface area contributed by atoms with E-state index in [0.29, 0.717) is 0 Å². The van der Waals surface area contributed by atoms with Gasteiger partial charge in [0.05, 0.1) is 0 Å². The predicted octanol–water partition coefficient (Wildman–Crippen LogP) is 5.20. The maximum atomic E-state index is 3.41. The Kier molecular flexibility index (Phi) is 3.51. The van der Waals surface area contributed by atoms with Crippen LogP contribution in [0.25, 0.3) is 23.1 Å². The van der Waals surface area contributed by atoms with Gasteiger partial charge in [0.25, 0.3) is 0 Å². The van der Waals surface area contributed by atoms with Gasteiger partial charge >= 0.3 is 0 Å². The lowest BCUT2D eigenvalue weighted by atomic mass is 10.1. The van der Waals surface area contributed by atoms with Gasteiger partial charge in [-0.2, -0.15) is 0 Å². The van der Waals surface area contributed by atoms with Gasteiger partial charge in [0, 0.05) is 22.2 Å². The average molecular weight is 259 g/mol. The zero-order valence-corrected chi connectivity index (χ0v) is 11.5. The van der Waals surface area contributed by atoms with E-state index in [0.717, 1.165) is 0 Å². The maximum Gasteiger partial charge on any atom is 0.0462 e. The van der Waals surface area contributed by atoms with Crippen molar-refractivity contribution < 1.29 is 0 Å².